The van der Waals surface area contributed by atoms with Gasteiger partial charge in [-0.1, -0.05) is 13.8 Å². The van der Waals surface area contributed by atoms with Gasteiger partial charge in [-0.05, 0) is 25.7 Å². The predicted molar refractivity (Wildman–Crippen MR) is 72.6 cm³/mol. The summed E-state index contributed by atoms with van der Waals surface area (Å²) in [4.78, 5) is 16.4. The number of oxazole rings is 1. The van der Waals surface area contributed by atoms with E-state index < -0.39 is 0 Å². The Hall–Kier alpha value is -1.36. The average Bonchev–Trinajstić information content (AvgIpc) is 2.74. The number of aryl methyl sites for hydroxylation is 1. The Morgan fingerprint density at radius 3 is 2.95 bits per heavy atom. The van der Waals surface area contributed by atoms with Crippen LogP contribution in [-0.2, 0) is 4.79 Å². The lowest BCUT2D eigenvalue weighted by atomic mass is 9.79. The third-order valence-corrected chi connectivity index (χ3v) is 3.53. The Morgan fingerprint density at radius 1 is 1.63 bits per heavy atom. The van der Waals surface area contributed by atoms with Crippen molar-refractivity contribution < 1.29 is 9.21 Å². The van der Waals surface area contributed by atoms with E-state index in [4.69, 9.17) is 4.42 Å². The molecule has 1 fully saturated rings. The van der Waals surface area contributed by atoms with Crippen LogP contribution in [0.1, 0.15) is 44.9 Å². The number of piperidine rings is 1. The maximum absolute atomic E-state index is 12.3. The summed E-state index contributed by atoms with van der Waals surface area (Å²) < 4.78 is 5.43. The summed E-state index contributed by atoms with van der Waals surface area (Å²) in [6.45, 7) is 9.81. The van der Waals surface area contributed by atoms with Crippen LogP contribution in [0.5, 0.6) is 0 Å². The smallest absolute Gasteiger partial charge is 0.225 e. The number of hydrogen-bond donors (Lipinski definition) is 2. The van der Waals surface area contributed by atoms with Crippen molar-refractivity contribution in [1.29, 1.82) is 0 Å². The van der Waals surface area contributed by atoms with E-state index in [0.29, 0.717) is 5.89 Å². The molecule has 19 heavy (non-hydrogen) atoms. The van der Waals surface area contributed by atoms with Crippen LogP contribution < -0.4 is 10.6 Å². The maximum atomic E-state index is 12.3. The first-order valence-corrected chi connectivity index (χ1v) is 6.81. The van der Waals surface area contributed by atoms with Crippen LogP contribution in [0.2, 0.25) is 0 Å². The van der Waals surface area contributed by atoms with Crippen LogP contribution in [0.3, 0.4) is 0 Å². The van der Waals surface area contributed by atoms with Gasteiger partial charge in [0.05, 0.1) is 12.1 Å². The van der Waals surface area contributed by atoms with Crippen molar-refractivity contribution in [2.45, 2.75) is 40.2 Å². The van der Waals surface area contributed by atoms with Gasteiger partial charge < -0.3 is 15.1 Å². The molecule has 1 aromatic rings. The van der Waals surface area contributed by atoms with Gasteiger partial charge in [0.2, 0.25) is 11.8 Å². The molecule has 0 aromatic carbocycles. The number of hydrogen-bond acceptors (Lipinski definition) is 4. The van der Waals surface area contributed by atoms with Gasteiger partial charge in [-0.25, -0.2) is 4.98 Å². The molecule has 0 radical (unpaired) electrons. The minimum Gasteiger partial charge on any atom is -0.444 e. The van der Waals surface area contributed by atoms with Crippen molar-refractivity contribution in [1.82, 2.24) is 15.6 Å². The average molecular weight is 265 g/mol. The first-order valence-electron chi connectivity index (χ1n) is 6.81. The van der Waals surface area contributed by atoms with Crippen LogP contribution >= 0.6 is 0 Å². The summed E-state index contributed by atoms with van der Waals surface area (Å²) >= 11 is 0. The maximum Gasteiger partial charge on any atom is 0.225 e. The predicted octanol–water partition coefficient (Wildman–Crippen LogP) is 1.80. The minimum absolute atomic E-state index is 0.0160. The molecule has 0 aliphatic carbocycles. The van der Waals surface area contributed by atoms with Crippen molar-refractivity contribution in [3.8, 4) is 0 Å². The molecule has 106 valence electrons. The standard InChI is InChI=1S/C14H23N3O2/c1-9-6-16-13(19-9)10(2)17-12(18)11-5-14(3,4)8-15-7-11/h6,10-11,15H,5,7-8H2,1-4H3,(H,17,18). The molecular formula is C14H23N3O2. The van der Waals surface area contributed by atoms with E-state index in [1.807, 2.05) is 13.8 Å². The third kappa shape index (κ3) is 3.56. The number of carbonyl (C=O) groups excluding carboxylic acids is 1. The first-order chi connectivity index (χ1) is 8.87. The highest BCUT2D eigenvalue weighted by Crippen LogP contribution is 2.28. The molecule has 2 rings (SSSR count). The number of rotatable bonds is 3. The molecule has 2 atom stereocenters. The number of nitrogens with zero attached hydrogens (tertiary/aromatic N) is 1. The fraction of sp³-hybridized carbons (Fsp3) is 0.714. The highest BCUT2D eigenvalue weighted by molar-refractivity contribution is 5.79. The Morgan fingerprint density at radius 2 is 2.37 bits per heavy atom. The molecule has 1 aliphatic heterocycles. The molecule has 1 amide bonds. The molecule has 5 nitrogen and oxygen atoms in total. The molecule has 2 heterocycles. The van der Waals surface area contributed by atoms with E-state index in [1.54, 1.807) is 6.20 Å². The molecule has 0 saturated carbocycles. The van der Waals surface area contributed by atoms with Crippen molar-refractivity contribution in [3.05, 3.63) is 17.8 Å². The summed E-state index contributed by atoms with van der Waals surface area (Å²) in [5, 5.41) is 6.31. The molecule has 1 aromatic heterocycles. The fourth-order valence-electron chi connectivity index (χ4n) is 2.55. The second-order valence-corrected chi connectivity index (χ2v) is 6.24. The lowest BCUT2D eigenvalue weighted by molar-refractivity contribution is -0.127. The lowest BCUT2D eigenvalue weighted by Gasteiger charge is -2.35. The number of amides is 1. The van der Waals surface area contributed by atoms with Gasteiger partial charge in [0.25, 0.3) is 0 Å². The molecule has 2 unspecified atom stereocenters. The van der Waals surface area contributed by atoms with Crippen LogP contribution in [0.25, 0.3) is 0 Å². The van der Waals surface area contributed by atoms with Crippen LogP contribution in [0.4, 0.5) is 0 Å². The summed E-state index contributed by atoms with van der Waals surface area (Å²) in [6.07, 6.45) is 2.58. The summed E-state index contributed by atoms with van der Waals surface area (Å²) in [7, 11) is 0. The monoisotopic (exact) mass is 265 g/mol. The largest absolute Gasteiger partial charge is 0.444 e. The normalized spacial score (nSPS) is 23.9. The van der Waals surface area contributed by atoms with Gasteiger partial charge in [0.1, 0.15) is 11.8 Å². The summed E-state index contributed by atoms with van der Waals surface area (Å²) in [6, 6.07) is -0.189. The molecule has 0 spiro atoms. The van der Waals surface area contributed by atoms with E-state index in [1.165, 1.54) is 0 Å². The van der Waals surface area contributed by atoms with E-state index in [-0.39, 0.29) is 23.3 Å². The fourth-order valence-corrected chi connectivity index (χ4v) is 2.55. The van der Waals surface area contributed by atoms with Gasteiger partial charge in [-0.2, -0.15) is 0 Å². The van der Waals surface area contributed by atoms with Gasteiger partial charge in [0, 0.05) is 13.1 Å². The summed E-state index contributed by atoms with van der Waals surface area (Å²) in [5.74, 6) is 1.41. The Balaban J connectivity index is 1.93. The SMILES string of the molecule is Cc1cnc(C(C)NC(=O)C2CNCC(C)(C)C2)o1. The van der Waals surface area contributed by atoms with Crippen molar-refractivity contribution in [3.63, 3.8) is 0 Å². The Labute approximate surface area is 114 Å². The Bertz CT molecular complexity index is 453. The first kappa shape index (κ1) is 14.1. The molecule has 1 aliphatic rings. The molecule has 0 bridgehead atoms. The zero-order valence-electron chi connectivity index (χ0n) is 12.1. The van der Waals surface area contributed by atoms with Gasteiger partial charge in [-0.3, -0.25) is 4.79 Å². The molecule has 5 heteroatoms. The third-order valence-electron chi connectivity index (χ3n) is 3.53. The topological polar surface area (TPSA) is 67.2 Å². The highest BCUT2D eigenvalue weighted by Gasteiger charge is 2.32. The number of nitrogens with one attached hydrogen (secondary N) is 2. The van der Waals surface area contributed by atoms with Gasteiger partial charge in [0.15, 0.2) is 0 Å². The van der Waals surface area contributed by atoms with E-state index in [9.17, 15) is 4.79 Å². The molecule has 2 N–H and O–H groups in total. The molecular weight excluding hydrogens is 242 g/mol. The van der Waals surface area contributed by atoms with Crippen LogP contribution in [-0.4, -0.2) is 24.0 Å². The quantitative estimate of drug-likeness (QED) is 0.874. The molecule has 1 saturated heterocycles. The van der Waals surface area contributed by atoms with Gasteiger partial charge in [-0.15, -0.1) is 0 Å². The summed E-state index contributed by atoms with van der Waals surface area (Å²) in [5.41, 5.74) is 0.170. The van der Waals surface area contributed by atoms with Gasteiger partial charge >= 0.3 is 0 Å². The number of aromatic nitrogens is 1. The van der Waals surface area contributed by atoms with Crippen molar-refractivity contribution >= 4 is 5.91 Å². The van der Waals surface area contributed by atoms with E-state index >= 15 is 0 Å². The van der Waals surface area contributed by atoms with Crippen molar-refractivity contribution in [2.24, 2.45) is 11.3 Å². The Kier molecular flexibility index (Phi) is 3.94. The van der Waals surface area contributed by atoms with E-state index in [0.717, 1.165) is 25.3 Å². The second kappa shape index (κ2) is 5.33. The minimum atomic E-state index is -0.189. The van der Waals surface area contributed by atoms with Crippen molar-refractivity contribution in [2.75, 3.05) is 13.1 Å². The highest BCUT2D eigenvalue weighted by atomic mass is 16.4. The van der Waals surface area contributed by atoms with Crippen LogP contribution in [0, 0.1) is 18.3 Å². The van der Waals surface area contributed by atoms with Crippen LogP contribution in [0.15, 0.2) is 10.6 Å². The zero-order chi connectivity index (χ0) is 14.0. The zero-order valence-corrected chi connectivity index (χ0v) is 12.1. The number of carbonyl (C=O) groups is 1. The van der Waals surface area contributed by atoms with E-state index in [2.05, 4.69) is 29.5 Å². The lowest BCUT2D eigenvalue weighted by Crippen LogP contribution is -2.47. The second-order valence-electron chi connectivity index (χ2n) is 6.24.